The zero-order valence-electron chi connectivity index (χ0n) is 9.46. The predicted molar refractivity (Wildman–Crippen MR) is 58.6 cm³/mol. The van der Waals surface area contributed by atoms with Gasteiger partial charge < -0.3 is 4.74 Å². The molecular formula is C11H19NO2. The van der Waals surface area contributed by atoms with E-state index in [0.29, 0.717) is 6.42 Å². The van der Waals surface area contributed by atoms with E-state index in [1.807, 2.05) is 27.7 Å². The summed E-state index contributed by atoms with van der Waals surface area (Å²) < 4.78 is 5.07. The van der Waals surface area contributed by atoms with Crippen LogP contribution < -0.4 is 0 Å². The molecule has 0 atom stereocenters. The van der Waals surface area contributed by atoms with Crippen molar-refractivity contribution in [3.8, 4) is 0 Å². The van der Waals surface area contributed by atoms with Crippen LogP contribution in [0.4, 0.5) is 0 Å². The Hall–Kier alpha value is -1.12. The van der Waals surface area contributed by atoms with Crippen LogP contribution in [0.25, 0.3) is 0 Å². The quantitative estimate of drug-likeness (QED) is 0.394. The number of aliphatic imine (C=N–C) groups is 1. The highest BCUT2D eigenvalue weighted by molar-refractivity contribution is 5.74. The first-order valence-corrected chi connectivity index (χ1v) is 4.66. The van der Waals surface area contributed by atoms with E-state index in [9.17, 15) is 4.79 Å². The molecule has 3 nitrogen and oxygen atoms in total. The maximum Gasteiger partial charge on any atom is 0.328 e. The van der Waals surface area contributed by atoms with Gasteiger partial charge in [0.2, 0.25) is 0 Å². The molecule has 0 saturated heterocycles. The lowest BCUT2D eigenvalue weighted by Gasteiger charge is -2.18. The number of esters is 1. The average Bonchev–Trinajstić information content (AvgIpc) is 1.94. The number of nitrogens with zero attached hydrogens (tertiary/aromatic N) is 1. The topological polar surface area (TPSA) is 38.7 Å². The molecule has 0 aromatic rings. The van der Waals surface area contributed by atoms with Crippen LogP contribution in [0.1, 0.15) is 34.1 Å². The fourth-order valence-corrected chi connectivity index (χ4v) is 0.733. The summed E-state index contributed by atoms with van der Waals surface area (Å²) in [5, 5.41) is 0. The Morgan fingerprint density at radius 2 is 2.07 bits per heavy atom. The summed E-state index contributed by atoms with van der Waals surface area (Å²) in [4.78, 5) is 15.1. The van der Waals surface area contributed by atoms with Crippen LogP contribution in [0.15, 0.2) is 17.1 Å². The molecule has 0 radical (unpaired) electrons. The Labute approximate surface area is 85.9 Å². The van der Waals surface area contributed by atoms with Gasteiger partial charge >= 0.3 is 5.97 Å². The molecule has 0 heterocycles. The Morgan fingerprint density at radius 1 is 1.50 bits per heavy atom. The first-order valence-electron chi connectivity index (χ1n) is 4.66. The molecule has 0 rings (SSSR count). The highest BCUT2D eigenvalue weighted by Crippen LogP contribution is 2.06. The van der Waals surface area contributed by atoms with E-state index in [1.165, 1.54) is 0 Å². The summed E-state index contributed by atoms with van der Waals surface area (Å²) in [6.07, 6.45) is 2.40. The van der Waals surface area contributed by atoms with Crippen molar-refractivity contribution in [2.45, 2.75) is 39.7 Å². The largest absolute Gasteiger partial charge is 0.459 e. The lowest BCUT2D eigenvalue weighted by molar-refractivity contribution is -0.152. The van der Waals surface area contributed by atoms with Gasteiger partial charge in [-0.15, -0.1) is 0 Å². The van der Waals surface area contributed by atoms with E-state index in [4.69, 9.17) is 4.74 Å². The molecule has 0 aliphatic heterocycles. The Bertz CT molecular complexity index is 236. The lowest BCUT2D eigenvalue weighted by atomic mass is 10.2. The summed E-state index contributed by atoms with van der Waals surface area (Å²) >= 11 is 0. The maximum atomic E-state index is 11.1. The normalized spacial score (nSPS) is 11.7. The molecule has 0 aromatic carbocycles. The second-order valence-corrected chi connectivity index (χ2v) is 4.27. The molecule has 0 unspecified atom stereocenters. The van der Waals surface area contributed by atoms with Crippen molar-refractivity contribution < 1.29 is 9.53 Å². The van der Waals surface area contributed by atoms with Crippen LogP contribution in [-0.2, 0) is 9.53 Å². The molecule has 0 aliphatic rings. The van der Waals surface area contributed by atoms with Crippen molar-refractivity contribution in [2.75, 3.05) is 6.54 Å². The number of allylic oxidation sites excluding steroid dienone is 1. The lowest BCUT2D eigenvalue weighted by Crippen LogP contribution is -2.25. The van der Waals surface area contributed by atoms with Gasteiger partial charge in [-0.3, -0.25) is 9.79 Å². The molecule has 3 heteroatoms. The van der Waals surface area contributed by atoms with E-state index in [2.05, 4.69) is 11.6 Å². The predicted octanol–water partition coefficient (Wildman–Crippen LogP) is 2.37. The number of carbonyl (C=O) groups is 1. The fraction of sp³-hybridized carbons (Fsp3) is 0.636. The van der Waals surface area contributed by atoms with Crippen molar-refractivity contribution in [3.63, 3.8) is 0 Å². The van der Waals surface area contributed by atoms with E-state index in [-0.39, 0.29) is 12.5 Å². The van der Waals surface area contributed by atoms with Crippen LogP contribution in [0.2, 0.25) is 0 Å². The molecule has 80 valence electrons. The standard InChI is InChI=1S/C11H19NO2/c1-9(2)6-7-12-8-10(13)14-11(3,4)5/h7H,1,6,8H2,2-5H3/b12-7+. The molecule has 0 amide bonds. The smallest absolute Gasteiger partial charge is 0.328 e. The van der Waals surface area contributed by atoms with Gasteiger partial charge in [0.15, 0.2) is 0 Å². The third kappa shape index (κ3) is 8.97. The zero-order chi connectivity index (χ0) is 11.2. The second-order valence-electron chi connectivity index (χ2n) is 4.27. The molecule has 0 N–H and O–H groups in total. The maximum absolute atomic E-state index is 11.1. The number of hydrogen-bond acceptors (Lipinski definition) is 3. The summed E-state index contributed by atoms with van der Waals surface area (Å²) in [6.45, 7) is 11.2. The van der Waals surface area contributed by atoms with Crippen molar-refractivity contribution in [3.05, 3.63) is 12.2 Å². The molecule has 0 aliphatic carbocycles. The third-order valence-corrected chi connectivity index (χ3v) is 1.21. The summed E-state index contributed by atoms with van der Waals surface area (Å²) in [5.74, 6) is -0.296. The van der Waals surface area contributed by atoms with E-state index < -0.39 is 5.60 Å². The molecule has 0 spiro atoms. The van der Waals surface area contributed by atoms with E-state index in [1.54, 1.807) is 6.21 Å². The second kappa shape index (κ2) is 5.58. The van der Waals surface area contributed by atoms with Gasteiger partial charge in [-0.05, 0) is 27.7 Å². The summed E-state index contributed by atoms with van der Waals surface area (Å²) in [6, 6.07) is 0. The minimum atomic E-state index is -0.430. The molecule has 0 saturated carbocycles. The zero-order valence-corrected chi connectivity index (χ0v) is 9.46. The van der Waals surface area contributed by atoms with E-state index >= 15 is 0 Å². The Kier molecular flexibility index (Phi) is 5.13. The van der Waals surface area contributed by atoms with Crippen LogP contribution in [0.3, 0.4) is 0 Å². The minimum Gasteiger partial charge on any atom is -0.459 e. The minimum absolute atomic E-state index is 0.0878. The van der Waals surface area contributed by atoms with Gasteiger partial charge in [0.05, 0.1) is 0 Å². The number of carbonyl (C=O) groups excluding carboxylic acids is 1. The van der Waals surface area contributed by atoms with Crippen LogP contribution in [0, 0.1) is 0 Å². The van der Waals surface area contributed by atoms with Gasteiger partial charge in [0.1, 0.15) is 12.1 Å². The van der Waals surface area contributed by atoms with Crippen molar-refractivity contribution >= 4 is 12.2 Å². The van der Waals surface area contributed by atoms with Gasteiger partial charge in [-0.25, -0.2) is 0 Å². The van der Waals surface area contributed by atoms with Gasteiger partial charge in [0, 0.05) is 12.6 Å². The van der Waals surface area contributed by atoms with Crippen molar-refractivity contribution in [1.82, 2.24) is 0 Å². The van der Waals surface area contributed by atoms with Gasteiger partial charge in [-0.2, -0.15) is 0 Å². The number of hydrogen-bond donors (Lipinski definition) is 0. The molecule has 0 aromatic heterocycles. The Balaban J connectivity index is 3.75. The molecule has 0 fully saturated rings. The van der Waals surface area contributed by atoms with Crippen molar-refractivity contribution in [2.24, 2.45) is 4.99 Å². The Morgan fingerprint density at radius 3 is 2.50 bits per heavy atom. The first kappa shape index (κ1) is 12.9. The fourth-order valence-electron chi connectivity index (χ4n) is 0.733. The van der Waals surface area contributed by atoms with E-state index in [0.717, 1.165) is 5.57 Å². The first-order chi connectivity index (χ1) is 6.31. The number of rotatable bonds is 4. The summed E-state index contributed by atoms with van der Waals surface area (Å²) in [7, 11) is 0. The summed E-state index contributed by atoms with van der Waals surface area (Å²) in [5.41, 5.74) is 0.596. The van der Waals surface area contributed by atoms with Crippen LogP contribution in [-0.4, -0.2) is 24.3 Å². The highest BCUT2D eigenvalue weighted by Gasteiger charge is 2.14. The van der Waals surface area contributed by atoms with Crippen LogP contribution >= 0.6 is 0 Å². The van der Waals surface area contributed by atoms with Gasteiger partial charge in [0.25, 0.3) is 0 Å². The highest BCUT2D eigenvalue weighted by atomic mass is 16.6. The monoisotopic (exact) mass is 197 g/mol. The average molecular weight is 197 g/mol. The molecular weight excluding hydrogens is 178 g/mol. The third-order valence-electron chi connectivity index (χ3n) is 1.21. The van der Waals surface area contributed by atoms with Crippen LogP contribution in [0.5, 0.6) is 0 Å². The van der Waals surface area contributed by atoms with Gasteiger partial charge in [-0.1, -0.05) is 12.2 Å². The number of ether oxygens (including phenoxy) is 1. The SMILES string of the molecule is C=C(C)C/C=N/CC(=O)OC(C)(C)C. The molecule has 0 bridgehead atoms. The molecule has 14 heavy (non-hydrogen) atoms. The van der Waals surface area contributed by atoms with Crippen molar-refractivity contribution in [1.29, 1.82) is 0 Å².